The number of hydrogen-bond acceptors (Lipinski definition) is 5. The van der Waals surface area contributed by atoms with E-state index in [0.29, 0.717) is 0 Å². The van der Waals surface area contributed by atoms with Crippen LogP contribution < -0.4 is 14.8 Å². The van der Waals surface area contributed by atoms with E-state index in [2.05, 4.69) is 26.2 Å². The molecule has 4 nitrogen and oxygen atoms in total. The van der Waals surface area contributed by atoms with Gasteiger partial charge in [-0.1, -0.05) is 15.9 Å². The third kappa shape index (κ3) is 3.94. The Bertz CT molecular complexity index is 546. The van der Waals surface area contributed by atoms with Gasteiger partial charge in [0.25, 0.3) is 0 Å². The van der Waals surface area contributed by atoms with Gasteiger partial charge in [-0.2, -0.15) is 0 Å². The second kappa shape index (κ2) is 7.61. The second-order valence-corrected chi connectivity index (χ2v) is 5.98. The molecule has 20 heavy (non-hydrogen) atoms. The number of thiazole rings is 1. The smallest absolute Gasteiger partial charge is 0.161 e. The Morgan fingerprint density at radius 3 is 2.65 bits per heavy atom. The molecular weight excluding hydrogens is 340 g/mol. The molecule has 1 N–H and O–H groups in total. The van der Waals surface area contributed by atoms with E-state index in [1.807, 2.05) is 23.7 Å². The minimum Gasteiger partial charge on any atom is -0.493 e. The maximum absolute atomic E-state index is 5.32. The molecule has 0 atom stereocenters. The third-order valence-corrected chi connectivity index (χ3v) is 4.44. The average Bonchev–Trinajstić information content (AvgIpc) is 2.97. The summed E-state index contributed by atoms with van der Waals surface area (Å²) in [6, 6.07) is 3.91. The van der Waals surface area contributed by atoms with Gasteiger partial charge in [0.15, 0.2) is 11.5 Å². The van der Waals surface area contributed by atoms with Crippen molar-refractivity contribution in [1.82, 2.24) is 10.3 Å². The van der Waals surface area contributed by atoms with Gasteiger partial charge < -0.3 is 14.8 Å². The highest BCUT2D eigenvalue weighted by Gasteiger charge is 2.09. The fourth-order valence-electron chi connectivity index (χ4n) is 1.83. The largest absolute Gasteiger partial charge is 0.493 e. The Morgan fingerprint density at radius 1 is 1.25 bits per heavy atom. The quantitative estimate of drug-likeness (QED) is 0.773. The van der Waals surface area contributed by atoms with Crippen LogP contribution in [0.15, 0.2) is 28.2 Å². The van der Waals surface area contributed by atoms with Crippen molar-refractivity contribution in [2.75, 3.05) is 20.8 Å². The van der Waals surface area contributed by atoms with Gasteiger partial charge in [-0.15, -0.1) is 11.3 Å². The molecule has 2 rings (SSSR count). The van der Waals surface area contributed by atoms with E-state index in [4.69, 9.17) is 9.47 Å². The van der Waals surface area contributed by atoms with Gasteiger partial charge in [-0.05, 0) is 17.7 Å². The van der Waals surface area contributed by atoms with Crippen LogP contribution in [0.5, 0.6) is 11.5 Å². The molecule has 6 heteroatoms. The molecule has 0 fully saturated rings. The van der Waals surface area contributed by atoms with E-state index in [1.165, 1.54) is 0 Å². The third-order valence-electron chi connectivity index (χ3n) is 2.87. The molecule has 0 aliphatic carbocycles. The van der Waals surface area contributed by atoms with E-state index in [-0.39, 0.29) is 0 Å². The molecule has 0 saturated carbocycles. The van der Waals surface area contributed by atoms with Crippen molar-refractivity contribution in [3.8, 4) is 11.5 Å². The number of benzene rings is 1. The molecule has 0 radical (unpaired) electrons. The standard InChI is InChI=1S/C14H17BrN2O2S/c1-18-12-7-10(11(15)8-13(12)19-2)9-16-4-3-14-17-5-6-20-14/h5-8,16H,3-4,9H2,1-2H3. The van der Waals surface area contributed by atoms with E-state index < -0.39 is 0 Å². The van der Waals surface area contributed by atoms with E-state index in [9.17, 15) is 0 Å². The van der Waals surface area contributed by atoms with Gasteiger partial charge >= 0.3 is 0 Å². The first-order valence-electron chi connectivity index (χ1n) is 6.24. The zero-order valence-corrected chi connectivity index (χ0v) is 13.9. The Labute approximate surface area is 131 Å². The predicted molar refractivity (Wildman–Crippen MR) is 84.8 cm³/mol. The monoisotopic (exact) mass is 356 g/mol. The minimum absolute atomic E-state index is 0.728. The molecule has 0 saturated heterocycles. The fourth-order valence-corrected chi connectivity index (χ4v) is 2.91. The van der Waals surface area contributed by atoms with E-state index in [0.717, 1.165) is 46.1 Å². The normalized spacial score (nSPS) is 10.6. The molecule has 0 spiro atoms. The zero-order chi connectivity index (χ0) is 14.4. The lowest BCUT2D eigenvalue weighted by Crippen LogP contribution is -2.17. The molecule has 2 aromatic rings. The van der Waals surface area contributed by atoms with Crippen molar-refractivity contribution in [2.45, 2.75) is 13.0 Å². The Balaban J connectivity index is 1.92. The van der Waals surface area contributed by atoms with Crippen LogP contribution in [0.1, 0.15) is 10.6 Å². The van der Waals surface area contributed by atoms with Crippen molar-refractivity contribution >= 4 is 27.3 Å². The summed E-state index contributed by atoms with van der Waals surface area (Å²) in [6.07, 6.45) is 2.79. The van der Waals surface area contributed by atoms with Crippen LogP contribution in [0.2, 0.25) is 0 Å². The molecule has 0 aliphatic rings. The maximum atomic E-state index is 5.32. The van der Waals surface area contributed by atoms with Gasteiger partial charge in [-0.3, -0.25) is 0 Å². The van der Waals surface area contributed by atoms with Crippen LogP contribution >= 0.6 is 27.3 Å². The lowest BCUT2D eigenvalue weighted by molar-refractivity contribution is 0.354. The first-order chi connectivity index (χ1) is 9.74. The number of hydrogen-bond donors (Lipinski definition) is 1. The zero-order valence-electron chi connectivity index (χ0n) is 11.5. The number of aromatic nitrogens is 1. The molecule has 1 aromatic heterocycles. The fraction of sp³-hybridized carbons (Fsp3) is 0.357. The number of methoxy groups -OCH3 is 2. The molecule has 0 bridgehead atoms. The summed E-state index contributed by atoms with van der Waals surface area (Å²) in [6.45, 7) is 1.67. The summed E-state index contributed by atoms with van der Waals surface area (Å²) in [5, 5.41) is 6.57. The lowest BCUT2D eigenvalue weighted by atomic mass is 10.2. The van der Waals surface area contributed by atoms with Gasteiger partial charge in [0.2, 0.25) is 0 Å². The molecule has 0 amide bonds. The second-order valence-electron chi connectivity index (χ2n) is 4.15. The van der Waals surface area contributed by atoms with Gasteiger partial charge in [0.1, 0.15) is 0 Å². The van der Waals surface area contributed by atoms with E-state index in [1.54, 1.807) is 25.6 Å². The van der Waals surface area contributed by atoms with Gasteiger partial charge in [0.05, 0.1) is 19.2 Å². The Morgan fingerprint density at radius 2 is 2.00 bits per heavy atom. The highest BCUT2D eigenvalue weighted by atomic mass is 79.9. The number of ether oxygens (including phenoxy) is 2. The van der Waals surface area contributed by atoms with Crippen LogP contribution in [-0.2, 0) is 13.0 Å². The topological polar surface area (TPSA) is 43.4 Å². The van der Waals surface area contributed by atoms with Crippen LogP contribution in [0.4, 0.5) is 0 Å². The van der Waals surface area contributed by atoms with Crippen LogP contribution in [0.3, 0.4) is 0 Å². The summed E-state index contributed by atoms with van der Waals surface area (Å²) in [5.74, 6) is 1.47. The number of nitrogens with one attached hydrogen (secondary N) is 1. The SMILES string of the molecule is COc1cc(Br)c(CNCCc2nccs2)cc1OC. The molecule has 108 valence electrons. The van der Waals surface area contributed by atoms with Crippen molar-refractivity contribution < 1.29 is 9.47 Å². The predicted octanol–water partition coefficient (Wildman–Crippen LogP) is 3.26. The molecule has 0 aliphatic heterocycles. The van der Waals surface area contributed by atoms with Crippen molar-refractivity contribution in [2.24, 2.45) is 0 Å². The van der Waals surface area contributed by atoms with Crippen LogP contribution in [-0.4, -0.2) is 25.7 Å². The van der Waals surface area contributed by atoms with E-state index >= 15 is 0 Å². The number of rotatable bonds is 7. The first kappa shape index (κ1) is 15.3. The number of halogens is 1. The molecule has 0 unspecified atom stereocenters. The summed E-state index contributed by atoms with van der Waals surface area (Å²) >= 11 is 5.24. The molecule has 1 aromatic carbocycles. The summed E-state index contributed by atoms with van der Waals surface area (Å²) < 4.78 is 11.6. The van der Waals surface area contributed by atoms with Crippen molar-refractivity contribution in [3.05, 3.63) is 38.8 Å². The first-order valence-corrected chi connectivity index (χ1v) is 7.91. The Hall–Kier alpha value is -1.11. The summed E-state index contributed by atoms with van der Waals surface area (Å²) in [5.41, 5.74) is 1.14. The molecular formula is C14H17BrN2O2S. The summed E-state index contributed by atoms with van der Waals surface area (Å²) in [7, 11) is 3.28. The van der Waals surface area contributed by atoms with Crippen LogP contribution in [0, 0.1) is 0 Å². The number of nitrogens with zero attached hydrogens (tertiary/aromatic N) is 1. The highest BCUT2D eigenvalue weighted by Crippen LogP contribution is 2.33. The Kier molecular flexibility index (Phi) is 5.82. The van der Waals surface area contributed by atoms with Crippen LogP contribution in [0.25, 0.3) is 0 Å². The van der Waals surface area contributed by atoms with Crippen molar-refractivity contribution in [1.29, 1.82) is 0 Å². The van der Waals surface area contributed by atoms with Gasteiger partial charge in [-0.25, -0.2) is 4.98 Å². The minimum atomic E-state index is 0.728. The maximum Gasteiger partial charge on any atom is 0.161 e. The average molecular weight is 357 g/mol. The molecule has 1 heterocycles. The van der Waals surface area contributed by atoms with Gasteiger partial charge in [0, 0.05) is 35.6 Å². The lowest BCUT2D eigenvalue weighted by Gasteiger charge is -2.12. The highest BCUT2D eigenvalue weighted by molar-refractivity contribution is 9.10. The summed E-state index contributed by atoms with van der Waals surface area (Å²) in [4.78, 5) is 4.26. The van der Waals surface area contributed by atoms with Crippen molar-refractivity contribution in [3.63, 3.8) is 0 Å².